The van der Waals surface area contributed by atoms with Crippen LogP contribution in [0.4, 0.5) is 4.39 Å². The number of hydrogen-bond acceptors (Lipinski definition) is 3. The van der Waals surface area contributed by atoms with Crippen LogP contribution in [-0.2, 0) is 15.4 Å². The van der Waals surface area contributed by atoms with Crippen molar-refractivity contribution >= 4 is 15.9 Å². The number of hydrogen-bond donors (Lipinski definition) is 0. The maximum atomic E-state index is 13.3. The summed E-state index contributed by atoms with van der Waals surface area (Å²) < 4.78 is 40.6. The van der Waals surface area contributed by atoms with Gasteiger partial charge in [0, 0.05) is 31.7 Å². The first-order valence-electron chi connectivity index (χ1n) is 9.24. The second-order valence-electron chi connectivity index (χ2n) is 7.98. The Labute approximate surface area is 165 Å². The van der Waals surface area contributed by atoms with Crippen LogP contribution in [0.25, 0.3) is 0 Å². The zero-order valence-corrected chi connectivity index (χ0v) is 17.2. The summed E-state index contributed by atoms with van der Waals surface area (Å²) in [6.45, 7) is 7.19. The van der Waals surface area contributed by atoms with Gasteiger partial charge in [0.25, 0.3) is 5.91 Å². The minimum absolute atomic E-state index is 0.0504. The minimum Gasteiger partial charge on any atom is -0.336 e. The average Bonchev–Trinajstić information content (AvgIpc) is 2.67. The molecule has 1 aliphatic heterocycles. The van der Waals surface area contributed by atoms with Gasteiger partial charge in [0.15, 0.2) is 0 Å². The van der Waals surface area contributed by atoms with Gasteiger partial charge in [-0.15, -0.1) is 0 Å². The summed E-state index contributed by atoms with van der Waals surface area (Å²) in [6, 6.07) is 12.5. The molecular formula is C21H25FN2O3S. The lowest BCUT2D eigenvalue weighted by Gasteiger charge is -2.34. The van der Waals surface area contributed by atoms with E-state index in [-0.39, 0.29) is 48.0 Å². The van der Waals surface area contributed by atoms with Crippen molar-refractivity contribution in [2.45, 2.75) is 31.1 Å². The van der Waals surface area contributed by atoms with Gasteiger partial charge in [-0.3, -0.25) is 4.79 Å². The highest BCUT2D eigenvalue weighted by atomic mass is 32.2. The number of rotatable bonds is 3. The molecule has 150 valence electrons. The van der Waals surface area contributed by atoms with E-state index in [0.29, 0.717) is 0 Å². The molecule has 0 atom stereocenters. The maximum absolute atomic E-state index is 13.3. The molecule has 1 aliphatic rings. The molecule has 0 N–H and O–H groups in total. The summed E-state index contributed by atoms with van der Waals surface area (Å²) in [5, 5.41) is 0. The van der Waals surface area contributed by atoms with Crippen molar-refractivity contribution in [2.24, 2.45) is 0 Å². The smallest absolute Gasteiger partial charge is 0.254 e. The van der Waals surface area contributed by atoms with Crippen molar-refractivity contribution in [3.05, 3.63) is 65.5 Å². The zero-order valence-electron chi connectivity index (χ0n) is 16.4. The van der Waals surface area contributed by atoms with Crippen molar-refractivity contribution in [2.75, 3.05) is 26.2 Å². The largest absolute Gasteiger partial charge is 0.336 e. The molecule has 3 rings (SSSR count). The first-order valence-corrected chi connectivity index (χ1v) is 10.7. The second kappa shape index (κ2) is 7.64. The van der Waals surface area contributed by atoms with Crippen molar-refractivity contribution < 1.29 is 17.6 Å². The van der Waals surface area contributed by atoms with E-state index in [1.807, 2.05) is 12.1 Å². The summed E-state index contributed by atoms with van der Waals surface area (Å²) in [6.07, 6.45) is 0. The highest BCUT2D eigenvalue weighted by molar-refractivity contribution is 7.89. The number of carbonyl (C=O) groups is 1. The van der Waals surface area contributed by atoms with Crippen LogP contribution < -0.4 is 0 Å². The van der Waals surface area contributed by atoms with Crippen LogP contribution in [0.3, 0.4) is 0 Å². The van der Waals surface area contributed by atoms with Crippen molar-refractivity contribution in [1.29, 1.82) is 0 Å². The number of halogens is 1. The Hall–Kier alpha value is -2.25. The molecule has 1 heterocycles. The molecule has 0 radical (unpaired) electrons. The van der Waals surface area contributed by atoms with Crippen molar-refractivity contribution in [3.63, 3.8) is 0 Å². The predicted octanol–water partition coefficient (Wildman–Crippen LogP) is 3.27. The predicted molar refractivity (Wildman–Crippen MR) is 106 cm³/mol. The van der Waals surface area contributed by atoms with Gasteiger partial charge in [0.1, 0.15) is 5.82 Å². The molecule has 7 heteroatoms. The van der Waals surface area contributed by atoms with Crippen LogP contribution >= 0.6 is 0 Å². The van der Waals surface area contributed by atoms with E-state index >= 15 is 0 Å². The fourth-order valence-corrected chi connectivity index (χ4v) is 4.63. The Balaban J connectivity index is 1.69. The Bertz CT molecular complexity index is 958. The van der Waals surface area contributed by atoms with Crippen LogP contribution in [0.1, 0.15) is 36.7 Å². The Morgan fingerprint density at radius 3 is 2.11 bits per heavy atom. The lowest BCUT2D eigenvalue weighted by Crippen LogP contribution is -2.50. The summed E-state index contributed by atoms with van der Waals surface area (Å²) in [4.78, 5) is 14.3. The van der Waals surface area contributed by atoms with Gasteiger partial charge in [0.2, 0.25) is 10.0 Å². The van der Waals surface area contributed by atoms with E-state index < -0.39 is 15.8 Å². The van der Waals surface area contributed by atoms with Crippen molar-refractivity contribution in [3.8, 4) is 0 Å². The third kappa shape index (κ3) is 4.25. The quantitative estimate of drug-likeness (QED) is 0.789. The topological polar surface area (TPSA) is 57.7 Å². The first-order chi connectivity index (χ1) is 13.1. The molecule has 2 aromatic carbocycles. The van der Waals surface area contributed by atoms with Crippen LogP contribution in [-0.4, -0.2) is 49.7 Å². The Kier molecular flexibility index (Phi) is 5.59. The minimum atomic E-state index is -3.61. The highest BCUT2D eigenvalue weighted by Gasteiger charge is 2.30. The van der Waals surface area contributed by atoms with E-state index in [4.69, 9.17) is 0 Å². The van der Waals surface area contributed by atoms with E-state index in [1.54, 1.807) is 23.1 Å². The van der Waals surface area contributed by atoms with Gasteiger partial charge in [-0.1, -0.05) is 39.0 Å². The SMILES string of the molecule is CC(C)(C)c1ccc(S(=O)(=O)N2CCN(C(=O)c3cccc(F)c3)CC2)cc1. The Morgan fingerprint density at radius 1 is 0.964 bits per heavy atom. The summed E-state index contributed by atoms with van der Waals surface area (Å²) in [7, 11) is -3.61. The lowest BCUT2D eigenvalue weighted by molar-refractivity contribution is 0.0697. The number of amides is 1. The van der Waals surface area contributed by atoms with Gasteiger partial charge in [-0.2, -0.15) is 4.31 Å². The van der Waals surface area contributed by atoms with E-state index in [0.717, 1.165) is 5.56 Å². The van der Waals surface area contributed by atoms with Crippen molar-refractivity contribution in [1.82, 2.24) is 9.21 Å². The Morgan fingerprint density at radius 2 is 1.57 bits per heavy atom. The molecule has 2 aromatic rings. The molecule has 0 saturated carbocycles. The second-order valence-corrected chi connectivity index (χ2v) is 9.92. The van der Waals surface area contributed by atoms with Gasteiger partial charge in [-0.25, -0.2) is 12.8 Å². The fraction of sp³-hybridized carbons (Fsp3) is 0.381. The molecule has 1 fully saturated rings. The van der Waals surface area contributed by atoms with Crippen LogP contribution in [0.15, 0.2) is 53.4 Å². The summed E-state index contributed by atoms with van der Waals surface area (Å²) in [5.41, 5.74) is 1.29. The normalized spacial score (nSPS) is 16.2. The molecule has 1 amide bonds. The fourth-order valence-electron chi connectivity index (χ4n) is 3.21. The number of carbonyl (C=O) groups excluding carboxylic acids is 1. The number of benzene rings is 2. The molecule has 1 saturated heterocycles. The van der Waals surface area contributed by atoms with Gasteiger partial charge in [-0.05, 0) is 41.3 Å². The molecular weight excluding hydrogens is 379 g/mol. The van der Waals surface area contributed by atoms with Crippen LogP contribution in [0.5, 0.6) is 0 Å². The molecule has 28 heavy (non-hydrogen) atoms. The van der Waals surface area contributed by atoms with E-state index in [1.165, 1.54) is 22.5 Å². The van der Waals surface area contributed by atoms with Crippen LogP contribution in [0, 0.1) is 5.82 Å². The maximum Gasteiger partial charge on any atom is 0.254 e. The lowest BCUT2D eigenvalue weighted by atomic mass is 9.87. The zero-order chi connectivity index (χ0) is 20.5. The molecule has 0 aliphatic carbocycles. The van der Waals surface area contributed by atoms with Gasteiger partial charge < -0.3 is 4.90 Å². The number of sulfonamides is 1. The summed E-state index contributed by atoms with van der Waals surface area (Å²) >= 11 is 0. The van der Waals surface area contributed by atoms with Crippen LogP contribution in [0.2, 0.25) is 0 Å². The first kappa shape index (κ1) is 20.5. The monoisotopic (exact) mass is 404 g/mol. The van der Waals surface area contributed by atoms with E-state index in [9.17, 15) is 17.6 Å². The van der Waals surface area contributed by atoms with E-state index in [2.05, 4.69) is 20.8 Å². The van der Waals surface area contributed by atoms with Gasteiger partial charge >= 0.3 is 0 Å². The molecule has 5 nitrogen and oxygen atoms in total. The van der Waals surface area contributed by atoms with Gasteiger partial charge in [0.05, 0.1) is 4.90 Å². The molecule has 0 unspecified atom stereocenters. The third-order valence-electron chi connectivity index (χ3n) is 4.96. The average molecular weight is 405 g/mol. The number of nitrogens with zero attached hydrogens (tertiary/aromatic N) is 2. The number of piperazine rings is 1. The standard InChI is InChI=1S/C21H25FN2O3S/c1-21(2,3)17-7-9-19(10-8-17)28(26,27)24-13-11-23(12-14-24)20(25)16-5-4-6-18(22)15-16/h4-10,15H,11-14H2,1-3H3. The molecule has 0 spiro atoms. The molecule has 0 bridgehead atoms. The highest BCUT2D eigenvalue weighted by Crippen LogP contribution is 2.25. The third-order valence-corrected chi connectivity index (χ3v) is 6.87. The molecule has 0 aromatic heterocycles. The summed E-state index contributed by atoms with van der Waals surface area (Å²) in [5.74, 6) is -0.753.